The van der Waals surface area contributed by atoms with E-state index in [0.29, 0.717) is 6.61 Å². The molecule has 0 atom stereocenters. The van der Waals surface area contributed by atoms with Gasteiger partial charge in [-0.15, -0.1) is 0 Å². The second-order valence-corrected chi connectivity index (χ2v) is 7.82. The summed E-state index contributed by atoms with van der Waals surface area (Å²) in [7, 11) is 0. The Hall–Kier alpha value is -0.200. The quantitative estimate of drug-likeness (QED) is 0.361. The van der Waals surface area contributed by atoms with Crippen LogP contribution in [0.5, 0.6) is 0 Å². The van der Waals surface area contributed by atoms with E-state index in [2.05, 4.69) is 21.3 Å². The van der Waals surface area contributed by atoms with E-state index in [9.17, 15) is 0 Å². The molecule has 0 aromatic rings. The molecule has 0 radical (unpaired) electrons. The van der Waals surface area contributed by atoms with Crippen molar-refractivity contribution in [1.82, 2.24) is 21.3 Å². The van der Waals surface area contributed by atoms with Gasteiger partial charge in [0, 0.05) is 32.8 Å². The van der Waals surface area contributed by atoms with E-state index in [1.54, 1.807) is 0 Å². The molecule has 156 valence electrons. The lowest BCUT2D eigenvalue weighted by molar-refractivity contribution is 0.282. The molecular weight excluding hydrogens is 324 g/mol. The highest BCUT2D eigenvalue weighted by atomic mass is 16.2. The minimum atomic E-state index is 0.359. The molecule has 26 heavy (non-hydrogen) atoms. The first-order valence-corrected chi connectivity index (χ1v) is 11.4. The van der Waals surface area contributed by atoms with E-state index >= 15 is 0 Å². The lowest BCUT2D eigenvalue weighted by Crippen LogP contribution is -2.38. The van der Waals surface area contributed by atoms with Crippen LogP contribution >= 0.6 is 0 Å². The molecule has 5 N–H and O–H groups in total. The number of rotatable bonds is 11. The molecule has 0 aliphatic carbocycles. The summed E-state index contributed by atoms with van der Waals surface area (Å²) < 4.78 is 0. The van der Waals surface area contributed by atoms with Crippen molar-refractivity contribution in [3.63, 3.8) is 0 Å². The maximum Gasteiger partial charge on any atom is 0.0431 e. The zero-order chi connectivity index (χ0) is 18.5. The SMILES string of the molecule is OCCCCCCCCCCCC1CNCCNCCCNCCNC1. The van der Waals surface area contributed by atoms with E-state index in [0.717, 1.165) is 64.7 Å². The summed E-state index contributed by atoms with van der Waals surface area (Å²) in [5.74, 6) is 0.761. The molecule has 5 heteroatoms. The van der Waals surface area contributed by atoms with Crippen LogP contribution in [-0.4, -0.2) is 64.1 Å². The zero-order valence-corrected chi connectivity index (χ0v) is 17.2. The van der Waals surface area contributed by atoms with Crippen LogP contribution in [0, 0.1) is 5.92 Å². The molecule has 1 rings (SSSR count). The zero-order valence-electron chi connectivity index (χ0n) is 17.2. The van der Waals surface area contributed by atoms with Crippen LogP contribution in [0.25, 0.3) is 0 Å². The first kappa shape index (κ1) is 23.8. The Kier molecular flexibility index (Phi) is 17.9. The smallest absolute Gasteiger partial charge is 0.0431 e. The standard InChI is InChI=1S/C21H46N4O/c26-18-9-7-5-3-1-2-4-6-8-11-21-19-24-16-14-22-12-10-13-23-15-17-25-20-21/h21-26H,1-20H2. The van der Waals surface area contributed by atoms with Crippen molar-refractivity contribution in [1.29, 1.82) is 0 Å². The topological polar surface area (TPSA) is 68.3 Å². The Morgan fingerprint density at radius 1 is 0.538 bits per heavy atom. The van der Waals surface area contributed by atoms with Crippen LogP contribution in [0.1, 0.15) is 70.6 Å². The molecule has 5 nitrogen and oxygen atoms in total. The van der Waals surface area contributed by atoms with Crippen LogP contribution in [0.4, 0.5) is 0 Å². The number of hydrogen-bond acceptors (Lipinski definition) is 5. The van der Waals surface area contributed by atoms with Gasteiger partial charge >= 0.3 is 0 Å². The Balaban J connectivity index is 2.02. The maximum atomic E-state index is 8.77. The van der Waals surface area contributed by atoms with Crippen LogP contribution < -0.4 is 21.3 Å². The van der Waals surface area contributed by atoms with Gasteiger partial charge in [0.05, 0.1) is 0 Å². The van der Waals surface area contributed by atoms with Crippen molar-refractivity contribution in [2.24, 2.45) is 5.92 Å². The Morgan fingerprint density at radius 3 is 1.54 bits per heavy atom. The number of nitrogens with one attached hydrogen (secondary N) is 4. The summed E-state index contributed by atoms with van der Waals surface area (Å²) >= 11 is 0. The van der Waals surface area contributed by atoms with Crippen LogP contribution in [0.15, 0.2) is 0 Å². The molecule has 0 unspecified atom stereocenters. The number of aliphatic hydroxyl groups is 1. The van der Waals surface area contributed by atoms with Gasteiger partial charge in [0.2, 0.25) is 0 Å². The average Bonchev–Trinajstić information content (AvgIpc) is 2.66. The van der Waals surface area contributed by atoms with Gasteiger partial charge in [0.25, 0.3) is 0 Å². The van der Waals surface area contributed by atoms with Gasteiger partial charge in [-0.3, -0.25) is 0 Å². The lowest BCUT2D eigenvalue weighted by Gasteiger charge is -2.19. The Morgan fingerprint density at radius 2 is 1.00 bits per heavy atom. The highest BCUT2D eigenvalue weighted by molar-refractivity contribution is 4.68. The molecule has 0 saturated carbocycles. The molecule has 1 aliphatic rings. The minimum Gasteiger partial charge on any atom is -0.396 e. The van der Waals surface area contributed by atoms with Crippen molar-refractivity contribution < 1.29 is 5.11 Å². The third kappa shape index (κ3) is 16.0. The molecule has 0 spiro atoms. The van der Waals surface area contributed by atoms with Gasteiger partial charge < -0.3 is 26.4 Å². The molecule has 0 amide bonds. The number of aliphatic hydroxyl groups excluding tert-OH is 1. The van der Waals surface area contributed by atoms with Crippen LogP contribution in [0.3, 0.4) is 0 Å². The van der Waals surface area contributed by atoms with Gasteiger partial charge in [0.1, 0.15) is 0 Å². The first-order chi connectivity index (χ1) is 12.9. The van der Waals surface area contributed by atoms with Gasteiger partial charge in [-0.2, -0.15) is 0 Å². The minimum absolute atomic E-state index is 0.359. The summed E-state index contributed by atoms with van der Waals surface area (Å²) in [6.07, 6.45) is 14.3. The average molecular weight is 371 g/mol. The summed E-state index contributed by atoms with van der Waals surface area (Å²) in [4.78, 5) is 0. The van der Waals surface area contributed by atoms with E-state index in [1.807, 2.05) is 0 Å². The van der Waals surface area contributed by atoms with Gasteiger partial charge in [-0.05, 0) is 51.4 Å². The van der Waals surface area contributed by atoms with E-state index < -0.39 is 0 Å². The maximum absolute atomic E-state index is 8.77. The summed E-state index contributed by atoms with van der Waals surface area (Å²) in [6.45, 7) is 9.22. The monoisotopic (exact) mass is 370 g/mol. The third-order valence-electron chi connectivity index (χ3n) is 5.30. The first-order valence-electron chi connectivity index (χ1n) is 11.4. The van der Waals surface area contributed by atoms with Crippen molar-refractivity contribution in [2.45, 2.75) is 70.6 Å². The molecular formula is C21H46N4O. The summed E-state index contributed by atoms with van der Waals surface area (Å²) in [5, 5.41) is 23.1. The third-order valence-corrected chi connectivity index (χ3v) is 5.30. The van der Waals surface area contributed by atoms with Crippen molar-refractivity contribution in [3.05, 3.63) is 0 Å². The van der Waals surface area contributed by atoms with Crippen LogP contribution in [0.2, 0.25) is 0 Å². The predicted octanol–water partition coefficient (Wildman–Crippen LogP) is 2.26. The normalized spacial score (nSPS) is 19.3. The van der Waals surface area contributed by atoms with Crippen molar-refractivity contribution in [3.8, 4) is 0 Å². The molecule has 0 aromatic carbocycles. The van der Waals surface area contributed by atoms with E-state index in [4.69, 9.17) is 5.11 Å². The molecule has 1 fully saturated rings. The Bertz CT molecular complexity index is 265. The largest absolute Gasteiger partial charge is 0.396 e. The number of hydrogen-bond donors (Lipinski definition) is 5. The molecule has 1 saturated heterocycles. The highest BCUT2D eigenvalue weighted by Crippen LogP contribution is 2.13. The fourth-order valence-corrected chi connectivity index (χ4v) is 3.61. The van der Waals surface area contributed by atoms with Gasteiger partial charge in [-0.1, -0.05) is 51.4 Å². The lowest BCUT2D eigenvalue weighted by atomic mass is 9.99. The summed E-state index contributed by atoms with van der Waals surface area (Å²) in [5.41, 5.74) is 0. The Labute approximate surface area is 162 Å². The van der Waals surface area contributed by atoms with Crippen LogP contribution in [-0.2, 0) is 0 Å². The second-order valence-electron chi connectivity index (χ2n) is 7.82. The second kappa shape index (κ2) is 19.6. The highest BCUT2D eigenvalue weighted by Gasteiger charge is 2.08. The van der Waals surface area contributed by atoms with Crippen molar-refractivity contribution in [2.75, 3.05) is 59.0 Å². The molecule has 1 heterocycles. The molecule has 0 bridgehead atoms. The van der Waals surface area contributed by atoms with Gasteiger partial charge in [-0.25, -0.2) is 0 Å². The summed E-state index contributed by atoms with van der Waals surface area (Å²) in [6, 6.07) is 0. The van der Waals surface area contributed by atoms with E-state index in [-0.39, 0.29) is 0 Å². The van der Waals surface area contributed by atoms with Gasteiger partial charge in [0.15, 0.2) is 0 Å². The molecule has 0 aromatic heterocycles. The number of unbranched alkanes of at least 4 members (excludes halogenated alkanes) is 8. The fraction of sp³-hybridized carbons (Fsp3) is 1.00. The van der Waals surface area contributed by atoms with Crippen molar-refractivity contribution >= 4 is 0 Å². The fourth-order valence-electron chi connectivity index (χ4n) is 3.61. The van der Waals surface area contributed by atoms with E-state index in [1.165, 1.54) is 64.2 Å². The predicted molar refractivity (Wildman–Crippen MR) is 113 cm³/mol. The molecule has 1 aliphatic heterocycles.